The summed E-state index contributed by atoms with van der Waals surface area (Å²) < 4.78 is 1.04. The highest BCUT2D eigenvalue weighted by Crippen LogP contribution is 2.26. The topological polar surface area (TPSA) is 24.9 Å². The van der Waals surface area contributed by atoms with Crippen molar-refractivity contribution in [3.8, 4) is 0 Å². The standard InChI is InChI=1S/C11H11BrN2S/c1-7-3-4-15-11(7)14-10-5-8(2)9(12)6-13-10/h3-6H,1-2H3,(H,13,14). The number of thiophene rings is 1. The summed E-state index contributed by atoms with van der Waals surface area (Å²) in [5.74, 6) is 0.890. The Morgan fingerprint density at radius 2 is 2.13 bits per heavy atom. The fourth-order valence-electron chi connectivity index (χ4n) is 1.22. The Morgan fingerprint density at radius 3 is 2.73 bits per heavy atom. The summed E-state index contributed by atoms with van der Waals surface area (Å²) in [6.07, 6.45) is 1.82. The molecule has 0 unspecified atom stereocenters. The average molecular weight is 283 g/mol. The van der Waals surface area contributed by atoms with Gasteiger partial charge in [0.2, 0.25) is 0 Å². The third kappa shape index (κ3) is 2.38. The SMILES string of the molecule is Cc1cc(Nc2sccc2C)ncc1Br. The molecule has 2 aromatic rings. The maximum absolute atomic E-state index is 4.30. The molecule has 2 nitrogen and oxygen atoms in total. The van der Waals surface area contributed by atoms with Crippen LogP contribution in [0.3, 0.4) is 0 Å². The molecular weight excluding hydrogens is 272 g/mol. The Labute approximate surface area is 101 Å². The molecule has 2 rings (SSSR count). The van der Waals surface area contributed by atoms with E-state index in [1.807, 2.05) is 12.3 Å². The minimum absolute atomic E-state index is 0.890. The first kappa shape index (κ1) is 10.6. The van der Waals surface area contributed by atoms with Crippen molar-refractivity contribution in [2.24, 2.45) is 0 Å². The number of rotatable bonds is 2. The zero-order valence-electron chi connectivity index (χ0n) is 8.54. The van der Waals surface area contributed by atoms with E-state index in [4.69, 9.17) is 0 Å². The minimum Gasteiger partial charge on any atom is -0.332 e. The lowest BCUT2D eigenvalue weighted by Gasteiger charge is -2.05. The van der Waals surface area contributed by atoms with Crippen LogP contribution in [-0.4, -0.2) is 4.98 Å². The van der Waals surface area contributed by atoms with Crippen LogP contribution < -0.4 is 5.32 Å². The van der Waals surface area contributed by atoms with E-state index in [2.05, 4.69) is 51.5 Å². The number of nitrogens with one attached hydrogen (secondary N) is 1. The van der Waals surface area contributed by atoms with Crippen LogP contribution in [0.25, 0.3) is 0 Å². The van der Waals surface area contributed by atoms with Gasteiger partial charge in [-0.15, -0.1) is 11.3 Å². The Bertz CT molecular complexity index is 479. The lowest BCUT2D eigenvalue weighted by Crippen LogP contribution is -1.93. The van der Waals surface area contributed by atoms with Gasteiger partial charge in [-0.3, -0.25) is 0 Å². The quantitative estimate of drug-likeness (QED) is 0.890. The van der Waals surface area contributed by atoms with Gasteiger partial charge in [0.1, 0.15) is 5.82 Å². The van der Waals surface area contributed by atoms with E-state index >= 15 is 0 Å². The van der Waals surface area contributed by atoms with E-state index in [0.717, 1.165) is 15.3 Å². The van der Waals surface area contributed by atoms with E-state index in [1.165, 1.54) is 11.1 Å². The van der Waals surface area contributed by atoms with Crippen LogP contribution in [0, 0.1) is 13.8 Å². The van der Waals surface area contributed by atoms with E-state index in [-0.39, 0.29) is 0 Å². The fourth-order valence-corrected chi connectivity index (χ4v) is 2.27. The predicted molar refractivity (Wildman–Crippen MR) is 69.0 cm³/mol. The monoisotopic (exact) mass is 282 g/mol. The molecule has 0 atom stereocenters. The van der Waals surface area contributed by atoms with Gasteiger partial charge in [0, 0.05) is 10.7 Å². The molecule has 2 heterocycles. The highest BCUT2D eigenvalue weighted by molar-refractivity contribution is 9.10. The van der Waals surface area contributed by atoms with Gasteiger partial charge in [-0.25, -0.2) is 4.98 Å². The summed E-state index contributed by atoms with van der Waals surface area (Å²) in [6.45, 7) is 4.14. The lowest BCUT2D eigenvalue weighted by molar-refractivity contribution is 1.25. The van der Waals surface area contributed by atoms with E-state index in [1.54, 1.807) is 11.3 Å². The van der Waals surface area contributed by atoms with E-state index < -0.39 is 0 Å². The van der Waals surface area contributed by atoms with Gasteiger partial charge >= 0.3 is 0 Å². The van der Waals surface area contributed by atoms with Crippen LogP contribution in [0.2, 0.25) is 0 Å². The molecule has 15 heavy (non-hydrogen) atoms. The molecule has 0 bridgehead atoms. The van der Waals surface area contributed by atoms with Crippen molar-refractivity contribution >= 4 is 38.1 Å². The van der Waals surface area contributed by atoms with Crippen molar-refractivity contribution < 1.29 is 0 Å². The third-order valence-electron chi connectivity index (χ3n) is 2.15. The van der Waals surface area contributed by atoms with Crippen LogP contribution in [-0.2, 0) is 0 Å². The smallest absolute Gasteiger partial charge is 0.131 e. The van der Waals surface area contributed by atoms with Crippen molar-refractivity contribution in [1.29, 1.82) is 0 Å². The van der Waals surface area contributed by atoms with E-state index in [9.17, 15) is 0 Å². The summed E-state index contributed by atoms with van der Waals surface area (Å²) >= 11 is 5.13. The normalized spacial score (nSPS) is 10.3. The van der Waals surface area contributed by atoms with Crippen molar-refractivity contribution in [2.45, 2.75) is 13.8 Å². The minimum atomic E-state index is 0.890. The molecule has 0 aliphatic rings. The predicted octanol–water partition coefficient (Wildman–Crippen LogP) is 4.27. The number of halogens is 1. The number of pyridine rings is 1. The van der Waals surface area contributed by atoms with Gasteiger partial charge in [0.25, 0.3) is 0 Å². The van der Waals surface area contributed by atoms with Crippen LogP contribution in [0.1, 0.15) is 11.1 Å². The molecular formula is C11H11BrN2S. The molecule has 0 fully saturated rings. The van der Waals surface area contributed by atoms with Crippen molar-refractivity contribution in [3.05, 3.63) is 39.3 Å². The molecule has 1 N–H and O–H groups in total. The molecule has 0 amide bonds. The number of aromatic nitrogens is 1. The molecule has 0 spiro atoms. The van der Waals surface area contributed by atoms with Crippen LogP contribution >= 0.6 is 27.3 Å². The van der Waals surface area contributed by atoms with Gasteiger partial charge < -0.3 is 5.32 Å². The number of aryl methyl sites for hydroxylation is 2. The summed E-state index contributed by atoms with van der Waals surface area (Å²) in [5.41, 5.74) is 2.43. The number of nitrogens with zero attached hydrogens (tertiary/aromatic N) is 1. The Kier molecular flexibility index (Phi) is 3.07. The van der Waals surface area contributed by atoms with Gasteiger partial charge in [-0.1, -0.05) is 0 Å². The van der Waals surface area contributed by atoms with Gasteiger partial charge in [-0.2, -0.15) is 0 Å². The molecule has 0 aromatic carbocycles. The summed E-state index contributed by atoms with van der Waals surface area (Å²) in [4.78, 5) is 4.30. The number of hydrogen-bond donors (Lipinski definition) is 1. The molecule has 0 saturated carbocycles. The Balaban J connectivity index is 2.25. The molecule has 78 valence electrons. The molecule has 0 saturated heterocycles. The highest BCUT2D eigenvalue weighted by Gasteiger charge is 2.02. The number of anilines is 2. The maximum Gasteiger partial charge on any atom is 0.131 e. The molecule has 2 aromatic heterocycles. The first-order chi connectivity index (χ1) is 7.16. The first-order valence-corrected chi connectivity index (χ1v) is 6.27. The van der Waals surface area contributed by atoms with Gasteiger partial charge in [-0.05, 0) is 58.4 Å². The zero-order chi connectivity index (χ0) is 10.8. The molecule has 0 radical (unpaired) electrons. The van der Waals surface area contributed by atoms with Crippen LogP contribution in [0.4, 0.5) is 10.8 Å². The lowest BCUT2D eigenvalue weighted by atomic mass is 10.3. The van der Waals surface area contributed by atoms with Gasteiger partial charge in [0.05, 0.1) is 5.00 Å². The molecule has 4 heteroatoms. The summed E-state index contributed by atoms with van der Waals surface area (Å²) in [7, 11) is 0. The van der Waals surface area contributed by atoms with Crippen molar-refractivity contribution in [1.82, 2.24) is 4.98 Å². The highest BCUT2D eigenvalue weighted by atomic mass is 79.9. The van der Waals surface area contributed by atoms with Crippen LogP contribution in [0.5, 0.6) is 0 Å². The second kappa shape index (κ2) is 4.33. The van der Waals surface area contributed by atoms with Crippen molar-refractivity contribution in [3.63, 3.8) is 0 Å². The van der Waals surface area contributed by atoms with E-state index in [0.29, 0.717) is 0 Å². The molecule has 0 aliphatic carbocycles. The summed E-state index contributed by atoms with van der Waals surface area (Å²) in [6, 6.07) is 4.13. The first-order valence-electron chi connectivity index (χ1n) is 4.60. The van der Waals surface area contributed by atoms with Gasteiger partial charge in [0.15, 0.2) is 0 Å². The largest absolute Gasteiger partial charge is 0.332 e. The second-order valence-corrected chi connectivity index (χ2v) is 5.15. The number of hydrogen-bond acceptors (Lipinski definition) is 3. The van der Waals surface area contributed by atoms with Crippen molar-refractivity contribution in [2.75, 3.05) is 5.32 Å². The maximum atomic E-state index is 4.30. The third-order valence-corrected chi connectivity index (χ3v) is 3.91. The second-order valence-electron chi connectivity index (χ2n) is 3.38. The Morgan fingerprint density at radius 1 is 1.33 bits per heavy atom. The average Bonchev–Trinajstić information content (AvgIpc) is 2.59. The summed E-state index contributed by atoms with van der Waals surface area (Å²) in [5, 5.41) is 6.54. The fraction of sp³-hybridized carbons (Fsp3) is 0.182. The van der Waals surface area contributed by atoms with Crippen LogP contribution in [0.15, 0.2) is 28.2 Å². The molecule has 0 aliphatic heterocycles. The Hall–Kier alpha value is -0.870. The zero-order valence-corrected chi connectivity index (χ0v) is 10.9.